The van der Waals surface area contributed by atoms with E-state index in [0.29, 0.717) is 19.4 Å². The summed E-state index contributed by atoms with van der Waals surface area (Å²) in [4.78, 5) is 35.7. The maximum atomic E-state index is 12.4. The molecule has 2 atom stereocenters. The number of carbonyl (C=O) groups excluding carboxylic acids is 2. The first-order chi connectivity index (χ1) is 16.3. The van der Waals surface area contributed by atoms with Crippen molar-refractivity contribution in [2.75, 3.05) is 13.2 Å². The van der Waals surface area contributed by atoms with E-state index in [0.717, 1.165) is 0 Å². The van der Waals surface area contributed by atoms with Gasteiger partial charge in [0.05, 0.1) is 6.42 Å². The Hall–Kier alpha value is -3.35. The van der Waals surface area contributed by atoms with Crippen molar-refractivity contribution in [2.45, 2.75) is 52.0 Å². The quantitative estimate of drug-likeness (QED) is 0.421. The number of hydrogen-bond acceptors (Lipinski definition) is 4. The molecule has 34 heavy (non-hydrogen) atoms. The average Bonchev–Trinajstić information content (AvgIpc) is 3.13. The fourth-order valence-corrected chi connectivity index (χ4v) is 4.35. The lowest BCUT2D eigenvalue weighted by molar-refractivity contribution is -0.138. The lowest BCUT2D eigenvalue weighted by Crippen LogP contribution is -2.42. The molecule has 0 radical (unpaired) electrons. The monoisotopic (exact) mass is 466 g/mol. The highest BCUT2D eigenvalue weighted by Gasteiger charge is 2.29. The third kappa shape index (κ3) is 6.37. The van der Waals surface area contributed by atoms with Crippen LogP contribution in [0, 0.1) is 11.8 Å². The molecule has 0 spiro atoms. The lowest BCUT2D eigenvalue weighted by Gasteiger charge is -2.23. The third-order valence-corrected chi connectivity index (χ3v) is 6.40. The molecule has 2 amide bonds. The molecule has 7 nitrogen and oxygen atoms in total. The van der Waals surface area contributed by atoms with Crippen molar-refractivity contribution in [1.29, 1.82) is 0 Å². The number of carboxylic acid groups (broad SMARTS) is 1. The van der Waals surface area contributed by atoms with E-state index in [2.05, 4.69) is 34.9 Å². The van der Waals surface area contributed by atoms with E-state index >= 15 is 0 Å². The predicted molar refractivity (Wildman–Crippen MR) is 130 cm³/mol. The standard InChI is InChI=1S/C27H34N2O5/c1-17(2)24(15-25(30)31)29-26(32)18(3)9-8-14-28-27(33)34-16-23-21-12-6-4-10-19(21)20-11-5-7-13-22(20)23/h4-7,10-13,17-18,23-24H,8-9,14-16H2,1-3H3,(H,28,33)(H,29,32)(H,30,31)/t18?,24-/m0/s1. The molecular weight excluding hydrogens is 432 g/mol. The van der Waals surface area contributed by atoms with Crippen molar-refractivity contribution < 1.29 is 24.2 Å². The molecule has 1 aliphatic rings. The summed E-state index contributed by atoms with van der Waals surface area (Å²) in [6, 6.07) is 16.0. The topological polar surface area (TPSA) is 105 Å². The Kier molecular flexibility index (Phi) is 8.68. The predicted octanol–water partition coefficient (Wildman–Crippen LogP) is 4.56. The average molecular weight is 467 g/mol. The minimum atomic E-state index is -0.932. The summed E-state index contributed by atoms with van der Waals surface area (Å²) in [6.45, 7) is 6.24. The molecule has 0 saturated heterocycles. The Balaban J connectivity index is 1.41. The van der Waals surface area contributed by atoms with E-state index in [-0.39, 0.29) is 36.7 Å². The molecule has 2 aromatic rings. The summed E-state index contributed by atoms with van der Waals surface area (Å²) >= 11 is 0. The minimum Gasteiger partial charge on any atom is -0.481 e. The fourth-order valence-electron chi connectivity index (χ4n) is 4.35. The van der Waals surface area contributed by atoms with Gasteiger partial charge in [-0.15, -0.1) is 0 Å². The summed E-state index contributed by atoms with van der Waals surface area (Å²) in [5, 5.41) is 14.6. The molecule has 0 bridgehead atoms. The molecule has 0 heterocycles. The SMILES string of the molecule is CC(CCCNC(=O)OCC1c2ccccc2-c2ccccc21)C(=O)N[C@@H](CC(=O)O)C(C)C. The number of alkyl carbamates (subject to hydrolysis) is 1. The maximum Gasteiger partial charge on any atom is 0.407 e. The largest absolute Gasteiger partial charge is 0.481 e. The summed E-state index contributed by atoms with van der Waals surface area (Å²) in [7, 11) is 0. The highest BCUT2D eigenvalue weighted by molar-refractivity contribution is 5.80. The Morgan fingerprint density at radius 2 is 1.56 bits per heavy atom. The fraction of sp³-hybridized carbons (Fsp3) is 0.444. The molecule has 3 rings (SSSR count). The van der Waals surface area contributed by atoms with E-state index in [9.17, 15) is 14.4 Å². The molecule has 1 aliphatic carbocycles. The Morgan fingerprint density at radius 3 is 2.12 bits per heavy atom. The van der Waals surface area contributed by atoms with Crippen LogP contribution in [-0.4, -0.2) is 42.3 Å². The van der Waals surface area contributed by atoms with Gasteiger partial charge in [0.2, 0.25) is 5.91 Å². The number of carboxylic acids is 1. The molecule has 0 aliphatic heterocycles. The second-order valence-electron chi connectivity index (χ2n) is 9.25. The molecule has 1 unspecified atom stereocenters. The number of hydrogen-bond donors (Lipinski definition) is 3. The minimum absolute atomic E-state index is 0.0153. The van der Waals surface area contributed by atoms with Gasteiger partial charge in [-0.05, 0) is 41.0 Å². The zero-order valence-electron chi connectivity index (χ0n) is 20.0. The lowest BCUT2D eigenvalue weighted by atomic mass is 9.98. The smallest absolute Gasteiger partial charge is 0.407 e. The number of benzene rings is 2. The third-order valence-electron chi connectivity index (χ3n) is 6.40. The number of fused-ring (bicyclic) bond motifs is 3. The molecule has 2 aromatic carbocycles. The first-order valence-corrected chi connectivity index (χ1v) is 11.9. The molecule has 0 fully saturated rings. The van der Waals surface area contributed by atoms with Crippen LogP contribution in [0.4, 0.5) is 4.79 Å². The summed E-state index contributed by atoms with van der Waals surface area (Å²) < 4.78 is 5.53. The number of ether oxygens (including phenoxy) is 1. The van der Waals surface area contributed by atoms with Gasteiger partial charge < -0.3 is 20.5 Å². The van der Waals surface area contributed by atoms with E-state index in [4.69, 9.17) is 9.84 Å². The van der Waals surface area contributed by atoms with E-state index in [1.165, 1.54) is 22.3 Å². The number of rotatable bonds is 11. The van der Waals surface area contributed by atoms with Crippen molar-refractivity contribution in [3.8, 4) is 11.1 Å². The molecule has 0 saturated carbocycles. The zero-order chi connectivity index (χ0) is 24.7. The highest BCUT2D eigenvalue weighted by atomic mass is 16.5. The second-order valence-corrected chi connectivity index (χ2v) is 9.25. The van der Waals surface area contributed by atoms with Crippen LogP contribution in [0.1, 0.15) is 57.1 Å². The molecular formula is C27H34N2O5. The van der Waals surface area contributed by atoms with E-state index in [1.807, 2.05) is 38.1 Å². The zero-order valence-corrected chi connectivity index (χ0v) is 20.0. The Morgan fingerprint density at radius 1 is 0.971 bits per heavy atom. The first-order valence-electron chi connectivity index (χ1n) is 11.9. The van der Waals surface area contributed by atoms with Crippen LogP contribution in [0.15, 0.2) is 48.5 Å². The van der Waals surface area contributed by atoms with Gasteiger partial charge >= 0.3 is 12.1 Å². The molecule has 7 heteroatoms. The Bertz CT molecular complexity index is 974. The van der Waals surface area contributed by atoms with Gasteiger partial charge in [-0.3, -0.25) is 9.59 Å². The van der Waals surface area contributed by atoms with Crippen LogP contribution in [0.5, 0.6) is 0 Å². The number of amides is 2. The van der Waals surface area contributed by atoms with Gasteiger partial charge in [-0.2, -0.15) is 0 Å². The van der Waals surface area contributed by atoms with Crippen molar-refractivity contribution >= 4 is 18.0 Å². The normalized spacial score (nSPS) is 14.1. The van der Waals surface area contributed by atoms with E-state index in [1.54, 1.807) is 6.92 Å². The highest BCUT2D eigenvalue weighted by Crippen LogP contribution is 2.44. The summed E-state index contributed by atoms with van der Waals surface area (Å²) in [5.74, 6) is -1.33. The summed E-state index contributed by atoms with van der Waals surface area (Å²) in [6.07, 6.45) is 0.622. The van der Waals surface area contributed by atoms with Gasteiger partial charge in [0.25, 0.3) is 0 Å². The van der Waals surface area contributed by atoms with Gasteiger partial charge in [0.15, 0.2) is 0 Å². The first kappa shape index (κ1) is 25.3. The molecule has 182 valence electrons. The summed E-state index contributed by atoms with van der Waals surface area (Å²) in [5.41, 5.74) is 4.70. The maximum absolute atomic E-state index is 12.4. The van der Waals surface area contributed by atoms with E-state index < -0.39 is 18.1 Å². The van der Waals surface area contributed by atoms with Crippen LogP contribution in [0.2, 0.25) is 0 Å². The van der Waals surface area contributed by atoms with Crippen LogP contribution < -0.4 is 10.6 Å². The van der Waals surface area contributed by atoms with Crippen LogP contribution >= 0.6 is 0 Å². The number of carbonyl (C=O) groups is 3. The van der Waals surface area contributed by atoms with Crippen molar-refractivity contribution in [3.05, 3.63) is 59.7 Å². The van der Waals surface area contributed by atoms with Crippen molar-refractivity contribution in [3.63, 3.8) is 0 Å². The van der Waals surface area contributed by atoms with Gasteiger partial charge in [-0.1, -0.05) is 69.3 Å². The van der Waals surface area contributed by atoms with Crippen LogP contribution in [0.3, 0.4) is 0 Å². The van der Waals surface area contributed by atoms with Gasteiger partial charge in [-0.25, -0.2) is 4.79 Å². The van der Waals surface area contributed by atoms with Crippen molar-refractivity contribution in [1.82, 2.24) is 10.6 Å². The Labute approximate surface area is 200 Å². The molecule has 3 N–H and O–H groups in total. The van der Waals surface area contributed by atoms with Crippen LogP contribution in [-0.2, 0) is 14.3 Å². The number of nitrogens with one attached hydrogen (secondary N) is 2. The van der Waals surface area contributed by atoms with Crippen LogP contribution in [0.25, 0.3) is 11.1 Å². The van der Waals surface area contributed by atoms with Gasteiger partial charge in [0.1, 0.15) is 6.61 Å². The van der Waals surface area contributed by atoms with Crippen molar-refractivity contribution in [2.24, 2.45) is 11.8 Å². The second kappa shape index (κ2) is 11.7. The number of aliphatic carboxylic acids is 1. The molecule has 0 aromatic heterocycles. The van der Waals surface area contributed by atoms with Gasteiger partial charge in [0, 0.05) is 24.4 Å².